The molecule has 7 heteroatoms. The van der Waals surface area contributed by atoms with Crippen LogP contribution in [0.4, 0.5) is 4.39 Å². The summed E-state index contributed by atoms with van der Waals surface area (Å²) < 4.78 is 37.4. The van der Waals surface area contributed by atoms with Gasteiger partial charge in [-0.2, -0.15) is 0 Å². The number of nitrogens with two attached hydrogens (primary N) is 1. The van der Waals surface area contributed by atoms with E-state index in [1.165, 1.54) is 18.2 Å². The maximum absolute atomic E-state index is 14.2. The van der Waals surface area contributed by atoms with E-state index < -0.39 is 15.4 Å². The van der Waals surface area contributed by atoms with Gasteiger partial charge in [0.05, 0.1) is 10.3 Å². The summed E-state index contributed by atoms with van der Waals surface area (Å²) in [5, 5.41) is 5.21. The van der Waals surface area contributed by atoms with Gasteiger partial charge < -0.3 is 4.90 Å². The van der Waals surface area contributed by atoms with Gasteiger partial charge in [0.25, 0.3) is 0 Å². The SMILES string of the molecule is NS(=O)(=O)c1ccc2c(c1)CN(C(=O)C1(c3ccccc3F)CC1)CC2. The number of carbonyl (C=O) groups excluding carboxylic acids is 1. The minimum atomic E-state index is -3.79. The number of nitrogens with zero attached hydrogens (tertiary/aromatic N) is 1. The second kappa shape index (κ2) is 5.89. The van der Waals surface area contributed by atoms with Crippen LogP contribution in [0.5, 0.6) is 0 Å². The highest BCUT2D eigenvalue weighted by Gasteiger charge is 2.54. The van der Waals surface area contributed by atoms with E-state index in [-0.39, 0.29) is 16.6 Å². The van der Waals surface area contributed by atoms with Crippen LogP contribution < -0.4 is 5.14 Å². The van der Waals surface area contributed by atoms with Crippen molar-refractivity contribution in [1.29, 1.82) is 0 Å². The van der Waals surface area contributed by atoms with Crippen LogP contribution in [0.2, 0.25) is 0 Å². The zero-order valence-electron chi connectivity index (χ0n) is 14.1. The van der Waals surface area contributed by atoms with Crippen LogP contribution in [0.25, 0.3) is 0 Å². The Labute approximate surface area is 151 Å². The molecule has 2 aromatic rings. The lowest BCUT2D eigenvalue weighted by atomic mass is 9.91. The molecule has 5 nitrogen and oxygen atoms in total. The Morgan fingerprint density at radius 3 is 2.50 bits per heavy atom. The molecule has 1 aliphatic heterocycles. The van der Waals surface area contributed by atoms with E-state index in [1.807, 2.05) is 0 Å². The van der Waals surface area contributed by atoms with Gasteiger partial charge in [0.15, 0.2) is 0 Å². The highest BCUT2D eigenvalue weighted by Crippen LogP contribution is 2.50. The van der Waals surface area contributed by atoms with E-state index >= 15 is 0 Å². The number of benzene rings is 2. The second-order valence-electron chi connectivity index (χ2n) is 7.01. The van der Waals surface area contributed by atoms with Gasteiger partial charge in [-0.1, -0.05) is 24.3 Å². The summed E-state index contributed by atoms with van der Waals surface area (Å²) in [6.07, 6.45) is 1.90. The van der Waals surface area contributed by atoms with Gasteiger partial charge in [-0.3, -0.25) is 4.79 Å². The lowest BCUT2D eigenvalue weighted by molar-refractivity contribution is -0.135. The third-order valence-corrected chi connectivity index (χ3v) is 6.27. The quantitative estimate of drug-likeness (QED) is 0.893. The van der Waals surface area contributed by atoms with Crippen molar-refractivity contribution in [2.24, 2.45) is 5.14 Å². The van der Waals surface area contributed by atoms with E-state index in [9.17, 15) is 17.6 Å². The number of halogens is 1. The van der Waals surface area contributed by atoms with E-state index in [2.05, 4.69) is 0 Å². The van der Waals surface area contributed by atoms with Crippen LogP contribution >= 0.6 is 0 Å². The van der Waals surface area contributed by atoms with Crippen molar-refractivity contribution in [3.63, 3.8) is 0 Å². The topological polar surface area (TPSA) is 80.5 Å². The monoisotopic (exact) mass is 374 g/mol. The number of sulfonamides is 1. The van der Waals surface area contributed by atoms with E-state index in [1.54, 1.807) is 29.2 Å². The van der Waals surface area contributed by atoms with Crippen molar-refractivity contribution in [3.05, 3.63) is 65.0 Å². The normalized spacial score (nSPS) is 18.3. The fourth-order valence-electron chi connectivity index (χ4n) is 3.76. The molecule has 0 bridgehead atoms. The van der Waals surface area contributed by atoms with Gasteiger partial charge in [-0.25, -0.2) is 17.9 Å². The van der Waals surface area contributed by atoms with E-state index in [0.717, 1.165) is 11.1 Å². The fourth-order valence-corrected chi connectivity index (χ4v) is 4.32. The van der Waals surface area contributed by atoms with Gasteiger partial charge in [0, 0.05) is 18.7 Å². The van der Waals surface area contributed by atoms with Gasteiger partial charge in [-0.15, -0.1) is 0 Å². The smallest absolute Gasteiger partial charge is 0.238 e. The standard InChI is InChI=1S/C19H19FN2O3S/c20-17-4-2-1-3-16(17)19(8-9-19)18(23)22-10-7-13-5-6-15(26(21,24)25)11-14(13)12-22/h1-6,11H,7-10,12H2,(H2,21,24,25). The second-order valence-corrected chi connectivity index (χ2v) is 8.58. The Morgan fingerprint density at radius 1 is 1.12 bits per heavy atom. The molecule has 0 aromatic heterocycles. The van der Waals surface area contributed by atoms with Crippen LogP contribution in [-0.2, 0) is 33.2 Å². The Bertz CT molecular complexity index is 1000. The van der Waals surface area contributed by atoms with Crippen molar-refractivity contribution in [3.8, 4) is 0 Å². The summed E-state index contributed by atoms with van der Waals surface area (Å²) in [6.45, 7) is 0.852. The molecule has 1 fully saturated rings. The molecule has 0 spiro atoms. The molecule has 0 saturated heterocycles. The average Bonchev–Trinajstić information content (AvgIpc) is 3.41. The molecule has 2 N–H and O–H groups in total. The van der Waals surface area contributed by atoms with Gasteiger partial charge in [0.1, 0.15) is 5.82 Å². The van der Waals surface area contributed by atoms with Crippen molar-refractivity contribution in [2.75, 3.05) is 6.54 Å². The minimum Gasteiger partial charge on any atom is -0.337 e. The van der Waals surface area contributed by atoms with E-state index in [0.29, 0.717) is 37.9 Å². The Kier molecular flexibility index (Phi) is 3.89. The number of amides is 1. The molecule has 2 aliphatic rings. The number of hydrogen-bond acceptors (Lipinski definition) is 3. The average molecular weight is 374 g/mol. The highest BCUT2D eigenvalue weighted by atomic mass is 32.2. The van der Waals surface area contributed by atoms with Crippen molar-refractivity contribution in [2.45, 2.75) is 36.1 Å². The molecule has 0 atom stereocenters. The van der Waals surface area contributed by atoms with Gasteiger partial charge in [-0.05, 0) is 48.6 Å². The van der Waals surface area contributed by atoms with Crippen molar-refractivity contribution < 1.29 is 17.6 Å². The molecule has 136 valence electrons. The molecule has 26 heavy (non-hydrogen) atoms. The highest BCUT2D eigenvalue weighted by molar-refractivity contribution is 7.89. The summed E-state index contributed by atoms with van der Waals surface area (Å²) in [6, 6.07) is 11.2. The molecule has 1 saturated carbocycles. The predicted octanol–water partition coefficient (Wildman–Crippen LogP) is 2.09. The number of rotatable bonds is 3. The first-order chi connectivity index (χ1) is 12.3. The number of hydrogen-bond donors (Lipinski definition) is 1. The molecule has 1 heterocycles. The van der Waals surface area contributed by atoms with Crippen molar-refractivity contribution in [1.82, 2.24) is 4.90 Å². The summed E-state index contributed by atoms with van der Waals surface area (Å²) in [5.74, 6) is -0.443. The summed E-state index contributed by atoms with van der Waals surface area (Å²) >= 11 is 0. The maximum atomic E-state index is 14.2. The van der Waals surface area contributed by atoms with Crippen molar-refractivity contribution >= 4 is 15.9 Å². The third kappa shape index (κ3) is 2.81. The zero-order chi connectivity index (χ0) is 18.5. The lowest BCUT2D eigenvalue weighted by Crippen LogP contribution is -2.42. The van der Waals surface area contributed by atoms with Gasteiger partial charge in [0.2, 0.25) is 15.9 Å². The molecule has 1 amide bonds. The molecule has 0 unspecified atom stereocenters. The number of carbonyl (C=O) groups is 1. The summed E-state index contributed by atoms with van der Waals surface area (Å²) in [7, 11) is -3.79. The first-order valence-corrected chi connectivity index (χ1v) is 10.0. The molecule has 2 aromatic carbocycles. The Hall–Kier alpha value is -2.25. The van der Waals surface area contributed by atoms with Crippen LogP contribution in [0.1, 0.15) is 29.5 Å². The summed E-state index contributed by atoms with van der Waals surface area (Å²) in [5.41, 5.74) is 1.46. The molecule has 0 radical (unpaired) electrons. The van der Waals surface area contributed by atoms with Crippen LogP contribution in [-0.4, -0.2) is 25.8 Å². The van der Waals surface area contributed by atoms with E-state index in [4.69, 9.17) is 5.14 Å². The third-order valence-electron chi connectivity index (χ3n) is 5.35. The fraction of sp³-hybridized carbons (Fsp3) is 0.316. The lowest BCUT2D eigenvalue weighted by Gasteiger charge is -2.32. The van der Waals surface area contributed by atoms with Crippen LogP contribution in [0, 0.1) is 5.82 Å². The largest absolute Gasteiger partial charge is 0.337 e. The Morgan fingerprint density at radius 2 is 1.85 bits per heavy atom. The number of primary sulfonamides is 1. The van der Waals surface area contributed by atoms with Gasteiger partial charge >= 0.3 is 0 Å². The maximum Gasteiger partial charge on any atom is 0.238 e. The predicted molar refractivity (Wildman–Crippen MR) is 94.2 cm³/mol. The zero-order valence-corrected chi connectivity index (χ0v) is 14.9. The molecule has 4 rings (SSSR count). The number of fused-ring (bicyclic) bond motifs is 1. The summed E-state index contributed by atoms with van der Waals surface area (Å²) in [4.78, 5) is 14.9. The first kappa shape index (κ1) is 17.2. The molecule has 1 aliphatic carbocycles. The minimum absolute atomic E-state index is 0.0424. The molecular formula is C19H19FN2O3S. The van der Waals surface area contributed by atoms with Crippen LogP contribution in [0.15, 0.2) is 47.4 Å². The molecular weight excluding hydrogens is 355 g/mol. The van der Waals surface area contributed by atoms with Crippen LogP contribution in [0.3, 0.4) is 0 Å². The first-order valence-electron chi connectivity index (χ1n) is 8.50. The Balaban J connectivity index is 1.63.